The van der Waals surface area contributed by atoms with E-state index in [4.69, 9.17) is 4.74 Å². The minimum atomic E-state index is -0.212. The van der Waals surface area contributed by atoms with E-state index in [-0.39, 0.29) is 12.2 Å². The van der Waals surface area contributed by atoms with Crippen molar-refractivity contribution in [3.63, 3.8) is 0 Å². The summed E-state index contributed by atoms with van der Waals surface area (Å²) >= 11 is 0. The molecular formula is C12H22O2. The number of rotatable bonds is 3. The lowest BCUT2D eigenvalue weighted by Crippen LogP contribution is -2.37. The number of aliphatic hydroxyl groups is 1. The molecule has 0 amide bonds. The quantitative estimate of drug-likeness (QED) is 0.706. The predicted octanol–water partition coefficient (Wildman–Crippen LogP) is 2.52. The summed E-state index contributed by atoms with van der Waals surface area (Å²) in [7, 11) is 1.74. The standard InChI is InChI=1S/C12H22O2/c1-4-6-9-7-11(13)10(5-2)12(8-9)14-3/h6,10-13H,4-5,7-8H2,1-3H3/b9-6+. The van der Waals surface area contributed by atoms with Crippen LogP contribution in [0.4, 0.5) is 0 Å². The maximum atomic E-state index is 9.95. The highest BCUT2D eigenvalue weighted by Gasteiger charge is 2.32. The van der Waals surface area contributed by atoms with Crippen molar-refractivity contribution in [2.45, 2.75) is 51.7 Å². The fraction of sp³-hybridized carbons (Fsp3) is 0.833. The van der Waals surface area contributed by atoms with Crippen LogP contribution >= 0.6 is 0 Å². The van der Waals surface area contributed by atoms with Gasteiger partial charge in [-0.2, -0.15) is 0 Å². The third kappa shape index (κ3) is 2.58. The van der Waals surface area contributed by atoms with Crippen LogP contribution in [-0.4, -0.2) is 24.4 Å². The molecule has 2 heteroatoms. The van der Waals surface area contributed by atoms with E-state index in [1.54, 1.807) is 7.11 Å². The van der Waals surface area contributed by atoms with Crippen molar-refractivity contribution < 1.29 is 9.84 Å². The van der Waals surface area contributed by atoms with Crippen molar-refractivity contribution in [1.82, 2.24) is 0 Å². The van der Waals surface area contributed by atoms with Gasteiger partial charge in [0.2, 0.25) is 0 Å². The second kappa shape index (κ2) is 5.52. The number of methoxy groups -OCH3 is 1. The summed E-state index contributed by atoms with van der Waals surface area (Å²) in [6, 6.07) is 0. The van der Waals surface area contributed by atoms with E-state index >= 15 is 0 Å². The van der Waals surface area contributed by atoms with Crippen molar-refractivity contribution >= 4 is 0 Å². The Morgan fingerprint density at radius 2 is 2.14 bits per heavy atom. The first-order valence-electron chi connectivity index (χ1n) is 5.61. The molecule has 82 valence electrons. The molecule has 1 rings (SSSR count). The number of ether oxygens (including phenoxy) is 1. The molecule has 1 saturated carbocycles. The van der Waals surface area contributed by atoms with Crippen LogP contribution in [0.1, 0.15) is 39.5 Å². The van der Waals surface area contributed by atoms with Gasteiger partial charge in [-0.1, -0.05) is 25.5 Å². The van der Waals surface area contributed by atoms with E-state index in [9.17, 15) is 5.11 Å². The first-order chi connectivity index (χ1) is 6.72. The molecule has 1 fully saturated rings. The molecule has 0 heterocycles. The maximum Gasteiger partial charge on any atom is 0.0661 e. The van der Waals surface area contributed by atoms with Crippen molar-refractivity contribution in [3.05, 3.63) is 11.6 Å². The highest BCUT2D eigenvalue weighted by Crippen LogP contribution is 2.32. The number of hydrogen-bond donors (Lipinski definition) is 1. The van der Waals surface area contributed by atoms with Crippen LogP contribution in [-0.2, 0) is 4.74 Å². The molecule has 0 aromatic rings. The minimum absolute atomic E-state index is 0.210. The minimum Gasteiger partial charge on any atom is -0.392 e. The molecule has 0 saturated heterocycles. The Kier molecular flexibility index (Phi) is 4.63. The van der Waals surface area contributed by atoms with Gasteiger partial charge < -0.3 is 9.84 Å². The Hall–Kier alpha value is -0.340. The maximum absolute atomic E-state index is 9.95. The number of allylic oxidation sites excluding steroid dienone is 1. The molecule has 1 N–H and O–H groups in total. The normalized spacial score (nSPS) is 36.3. The van der Waals surface area contributed by atoms with E-state index in [1.807, 2.05) is 0 Å². The van der Waals surface area contributed by atoms with Crippen LogP contribution in [0.25, 0.3) is 0 Å². The Morgan fingerprint density at radius 1 is 1.43 bits per heavy atom. The molecule has 1 aliphatic rings. The predicted molar refractivity (Wildman–Crippen MR) is 58.2 cm³/mol. The lowest BCUT2D eigenvalue weighted by molar-refractivity contribution is -0.0312. The van der Waals surface area contributed by atoms with Crippen LogP contribution in [0.15, 0.2) is 11.6 Å². The third-order valence-corrected chi connectivity index (χ3v) is 3.17. The second-order valence-electron chi connectivity index (χ2n) is 4.09. The molecule has 0 radical (unpaired) electrons. The summed E-state index contributed by atoms with van der Waals surface area (Å²) in [6.07, 6.45) is 6.11. The van der Waals surface area contributed by atoms with Gasteiger partial charge in [0, 0.05) is 13.0 Å². The average molecular weight is 198 g/mol. The average Bonchev–Trinajstić information content (AvgIpc) is 2.17. The summed E-state index contributed by atoms with van der Waals surface area (Å²) in [5.74, 6) is 0.314. The monoisotopic (exact) mass is 198 g/mol. The molecule has 0 aliphatic heterocycles. The third-order valence-electron chi connectivity index (χ3n) is 3.17. The first kappa shape index (κ1) is 11.7. The van der Waals surface area contributed by atoms with E-state index in [0.29, 0.717) is 5.92 Å². The zero-order valence-corrected chi connectivity index (χ0v) is 9.49. The van der Waals surface area contributed by atoms with Crippen LogP contribution in [0.3, 0.4) is 0 Å². The van der Waals surface area contributed by atoms with E-state index in [2.05, 4.69) is 19.9 Å². The molecule has 3 atom stereocenters. The Morgan fingerprint density at radius 3 is 2.64 bits per heavy atom. The van der Waals surface area contributed by atoms with E-state index < -0.39 is 0 Å². The first-order valence-corrected chi connectivity index (χ1v) is 5.61. The Labute approximate surface area is 87.0 Å². The SMILES string of the molecule is CC/C=C1\CC(O)C(CC)C(OC)C1. The molecule has 1 aliphatic carbocycles. The van der Waals surface area contributed by atoms with Gasteiger partial charge in [0.1, 0.15) is 0 Å². The number of hydrogen-bond acceptors (Lipinski definition) is 2. The Bertz CT molecular complexity index is 198. The zero-order chi connectivity index (χ0) is 10.6. The second-order valence-corrected chi connectivity index (χ2v) is 4.09. The topological polar surface area (TPSA) is 29.5 Å². The molecule has 2 nitrogen and oxygen atoms in total. The molecule has 0 bridgehead atoms. The van der Waals surface area contributed by atoms with Crippen LogP contribution in [0.5, 0.6) is 0 Å². The largest absolute Gasteiger partial charge is 0.392 e. The molecular weight excluding hydrogens is 176 g/mol. The molecule has 3 unspecified atom stereocenters. The van der Waals surface area contributed by atoms with Crippen LogP contribution < -0.4 is 0 Å². The fourth-order valence-electron chi connectivity index (χ4n) is 2.41. The van der Waals surface area contributed by atoms with Gasteiger partial charge in [-0.3, -0.25) is 0 Å². The molecule has 0 aromatic heterocycles. The fourth-order valence-corrected chi connectivity index (χ4v) is 2.41. The highest BCUT2D eigenvalue weighted by atomic mass is 16.5. The van der Waals surface area contributed by atoms with Crippen molar-refractivity contribution in [2.24, 2.45) is 5.92 Å². The van der Waals surface area contributed by atoms with Gasteiger partial charge in [-0.05, 0) is 25.7 Å². The van der Waals surface area contributed by atoms with Crippen LogP contribution in [0, 0.1) is 5.92 Å². The van der Waals surface area contributed by atoms with Gasteiger partial charge in [-0.25, -0.2) is 0 Å². The van der Waals surface area contributed by atoms with Crippen molar-refractivity contribution in [2.75, 3.05) is 7.11 Å². The molecule has 0 aromatic carbocycles. The summed E-state index contributed by atoms with van der Waals surface area (Å²) in [4.78, 5) is 0. The van der Waals surface area contributed by atoms with Crippen LogP contribution in [0.2, 0.25) is 0 Å². The summed E-state index contributed by atoms with van der Waals surface area (Å²) in [5, 5.41) is 9.95. The van der Waals surface area contributed by atoms with Crippen molar-refractivity contribution in [3.8, 4) is 0 Å². The molecule has 14 heavy (non-hydrogen) atoms. The van der Waals surface area contributed by atoms with Crippen molar-refractivity contribution in [1.29, 1.82) is 0 Å². The summed E-state index contributed by atoms with van der Waals surface area (Å²) in [6.45, 7) is 4.25. The van der Waals surface area contributed by atoms with Gasteiger partial charge >= 0.3 is 0 Å². The summed E-state index contributed by atoms with van der Waals surface area (Å²) in [5.41, 5.74) is 1.36. The van der Waals surface area contributed by atoms with E-state index in [0.717, 1.165) is 25.7 Å². The highest BCUT2D eigenvalue weighted by molar-refractivity contribution is 5.10. The van der Waals surface area contributed by atoms with E-state index in [1.165, 1.54) is 5.57 Å². The zero-order valence-electron chi connectivity index (χ0n) is 9.49. The smallest absolute Gasteiger partial charge is 0.0661 e. The van der Waals surface area contributed by atoms with Gasteiger partial charge in [-0.15, -0.1) is 0 Å². The lowest BCUT2D eigenvalue weighted by Gasteiger charge is -2.35. The summed E-state index contributed by atoms with van der Waals surface area (Å²) < 4.78 is 5.44. The van der Waals surface area contributed by atoms with Gasteiger partial charge in [0.25, 0.3) is 0 Å². The lowest BCUT2D eigenvalue weighted by atomic mass is 9.79. The van der Waals surface area contributed by atoms with Gasteiger partial charge in [0.15, 0.2) is 0 Å². The van der Waals surface area contributed by atoms with Gasteiger partial charge in [0.05, 0.1) is 12.2 Å². The molecule has 0 spiro atoms. The number of aliphatic hydroxyl groups excluding tert-OH is 1. The Balaban J connectivity index is 2.67.